The summed E-state index contributed by atoms with van der Waals surface area (Å²) in [5.41, 5.74) is 7.63. The van der Waals surface area contributed by atoms with E-state index in [1.54, 1.807) is 44.3 Å². The van der Waals surface area contributed by atoms with E-state index >= 15 is 0 Å². The van der Waals surface area contributed by atoms with Crippen LogP contribution < -0.4 is 15.8 Å². The molecule has 12 nitrogen and oxygen atoms in total. The van der Waals surface area contributed by atoms with E-state index in [-0.39, 0.29) is 36.7 Å². The fraction of sp³-hybridized carbons (Fsp3) is 0.400. The highest BCUT2D eigenvalue weighted by molar-refractivity contribution is 7.89. The van der Waals surface area contributed by atoms with Crippen LogP contribution in [0.5, 0.6) is 0 Å². The number of ether oxygens (including phenoxy) is 1. The van der Waals surface area contributed by atoms with Gasteiger partial charge in [0.25, 0.3) is 0 Å². The Morgan fingerprint density at radius 1 is 1.18 bits per heavy atom. The fourth-order valence-corrected chi connectivity index (χ4v) is 5.46. The van der Waals surface area contributed by atoms with Gasteiger partial charge in [-0.15, -0.1) is 0 Å². The van der Waals surface area contributed by atoms with Crippen molar-refractivity contribution in [2.24, 2.45) is 0 Å². The van der Waals surface area contributed by atoms with Gasteiger partial charge in [-0.2, -0.15) is 0 Å². The molecule has 1 aliphatic heterocycles. The molecule has 0 radical (unpaired) electrons. The number of carboxylic acid groups (broad SMARTS) is 1. The van der Waals surface area contributed by atoms with E-state index in [1.165, 1.54) is 12.1 Å². The van der Waals surface area contributed by atoms with Crippen molar-refractivity contribution in [1.82, 2.24) is 19.8 Å². The molecule has 0 spiro atoms. The van der Waals surface area contributed by atoms with Gasteiger partial charge in [0.2, 0.25) is 15.9 Å². The summed E-state index contributed by atoms with van der Waals surface area (Å²) in [6, 6.07) is 10.8. The number of hydrogen-bond acceptors (Lipinski definition) is 8. The summed E-state index contributed by atoms with van der Waals surface area (Å²) in [6.07, 6.45) is -0.688. The number of anilines is 1. The quantitative estimate of drug-likeness (QED) is 0.297. The topological polar surface area (TPSA) is 171 Å². The monoisotopic (exact) mass is 547 g/mol. The summed E-state index contributed by atoms with van der Waals surface area (Å²) in [6.45, 7) is 1.34. The fourth-order valence-electron chi connectivity index (χ4n) is 4.15. The van der Waals surface area contributed by atoms with Crippen molar-refractivity contribution in [3.8, 4) is 0 Å². The maximum absolute atomic E-state index is 13.5. The highest BCUT2D eigenvalue weighted by atomic mass is 32.2. The van der Waals surface area contributed by atoms with Crippen LogP contribution in [-0.4, -0.2) is 86.6 Å². The second kappa shape index (κ2) is 12.7. The number of rotatable bonds is 11. The molecule has 2 aromatic rings. The molecule has 2 amide bonds. The summed E-state index contributed by atoms with van der Waals surface area (Å²) < 4.78 is 34.7. The lowest BCUT2D eigenvalue weighted by Crippen LogP contribution is -2.66. The Morgan fingerprint density at radius 2 is 1.89 bits per heavy atom. The zero-order valence-corrected chi connectivity index (χ0v) is 22.1. The number of sulfonamides is 1. The first-order valence-electron chi connectivity index (χ1n) is 12.0. The van der Waals surface area contributed by atoms with Crippen molar-refractivity contribution in [2.45, 2.75) is 36.9 Å². The Labute approximate surface area is 221 Å². The normalized spacial score (nSPS) is 16.8. The van der Waals surface area contributed by atoms with Crippen LogP contribution in [0.15, 0.2) is 53.4 Å². The van der Waals surface area contributed by atoms with E-state index in [4.69, 9.17) is 10.5 Å². The molecule has 206 valence electrons. The van der Waals surface area contributed by atoms with Crippen LogP contribution in [-0.2, 0) is 31.0 Å². The molecule has 1 unspecified atom stereocenters. The standard InChI is InChI=1S/C25H33N5O7S/c1-17-8-9-19(14-20(17)26)38(35,36)28-21(10-11-27-2)23-24(33)29(15-22(31)32)12-13-30(23)25(34)37-16-18-6-4-3-5-7-18/h3-9,14,21,23,27-28H,10-13,15-16,26H2,1-2H3,(H,31,32)/t21?,23-/m0/s1. The lowest BCUT2D eigenvalue weighted by Gasteiger charge is -2.42. The van der Waals surface area contributed by atoms with Crippen LogP contribution in [0.2, 0.25) is 0 Å². The first-order chi connectivity index (χ1) is 18.0. The predicted octanol–water partition coefficient (Wildman–Crippen LogP) is 0.768. The van der Waals surface area contributed by atoms with Crippen LogP contribution in [0.4, 0.5) is 10.5 Å². The Hall–Kier alpha value is -3.68. The molecule has 3 rings (SSSR count). The van der Waals surface area contributed by atoms with Crippen molar-refractivity contribution in [3.05, 3.63) is 59.7 Å². The Kier molecular flexibility index (Phi) is 9.66. The van der Waals surface area contributed by atoms with Crippen molar-refractivity contribution < 1.29 is 32.6 Å². The Balaban J connectivity index is 1.93. The average molecular weight is 548 g/mol. The van der Waals surface area contributed by atoms with E-state index < -0.39 is 46.6 Å². The molecule has 0 bridgehead atoms. The number of nitrogen functional groups attached to an aromatic ring is 1. The Bertz CT molecular complexity index is 1260. The van der Waals surface area contributed by atoms with Gasteiger partial charge in [-0.3, -0.25) is 14.5 Å². The van der Waals surface area contributed by atoms with Crippen LogP contribution in [0.3, 0.4) is 0 Å². The number of carbonyl (C=O) groups excluding carboxylic acids is 2. The maximum atomic E-state index is 13.5. The molecule has 1 fully saturated rings. The zero-order chi connectivity index (χ0) is 27.9. The van der Waals surface area contributed by atoms with Gasteiger partial charge in [0, 0.05) is 18.8 Å². The molecule has 0 saturated carbocycles. The second-order valence-electron chi connectivity index (χ2n) is 8.97. The first kappa shape index (κ1) is 28.9. The van der Waals surface area contributed by atoms with Crippen molar-refractivity contribution in [2.75, 3.05) is 39.0 Å². The number of nitrogens with two attached hydrogens (primary N) is 1. The summed E-state index contributed by atoms with van der Waals surface area (Å²) in [4.78, 5) is 40.2. The van der Waals surface area contributed by atoms with Gasteiger partial charge in [-0.25, -0.2) is 17.9 Å². The third-order valence-corrected chi connectivity index (χ3v) is 7.72. The number of piperazine rings is 1. The predicted molar refractivity (Wildman–Crippen MR) is 140 cm³/mol. The average Bonchev–Trinajstić information content (AvgIpc) is 2.88. The lowest BCUT2D eigenvalue weighted by molar-refractivity contribution is -0.150. The highest BCUT2D eigenvalue weighted by Gasteiger charge is 2.44. The number of nitrogens with one attached hydrogen (secondary N) is 2. The second-order valence-corrected chi connectivity index (χ2v) is 10.7. The van der Waals surface area contributed by atoms with Crippen molar-refractivity contribution >= 4 is 33.7 Å². The molecule has 13 heteroatoms. The molecule has 5 N–H and O–H groups in total. The zero-order valence-electron chi connectivity index (χ0n) is 21.3. The summed E-state index contributed by atoms with van der Waals surface area (Å²) in [7, 11) is -2.51. The first-order valence-corrected chi connectivity index (χ1v) is 13.5. The minimum Gasteiger partial charge on any atom is -0.480 e. The van der Waals surface area contributed by atoms with Gasteiger partial charge in [0.1, 0.15) is 19.2 Å². The summed E-state index contributed by atoms with van der Waals surface area (Å²) in [5, 5.41) is 12.2. The van der Waals surface area contributed by atoms with E-state index in [0.29, 0.717) is 12.1 Å². The number of aliphatic carboxylic acids is 1. The third kappa shape index (κ3) is 7.21. The number of aryl methyl sites for hydroxylation is 1. The molecule has 2 aromatic carbocycles. The molecular formula is C25H33N5O7S. The van der Waals surface area contributed by atoms with Gasteiger partial charge in [-0.1, -0.05) is 36.4 Å². The number of nitrogens with zero attached hydrogens (tertiary/aromatic N) is 2. The van der Waals surface area contributed by atoms with Gasteiger partial charge in [0.15, 0.2) is 0 Å². The van der Waals surface area contributed by atoms with E-state index in [9.17, 15) is 27.9 Å². The van der Waals surface area contributed by atoms with Gasteiger partial charge >= 0.3 is 12.1 Å². The number of benzene rings is 2. The minimum atomic E-state index is -4.17. The molecule has 38 heavy (non-hydrogen) atoms. The van der Waals surface area contributed by atoms with E-state index in [1.807, 2.05) is 6.07 Å². The van der Waals surface area contributed by atoms with Crippen LogP contribution >= 0.6 is 0 Å². The number of amides is 2. The van der Waals surface area contributed by atoms with E-state index in [2.05, 4.69) is 10.0 Å². The molecule has 1 aliphatic rings. The van der Waals surface area contributed by atoms with Crippen LogP contribution in [0.25, 0.3) is 0 Å². The molecular weight excluding hydrogens is 514 g/mol. The Morgan fingerprint density at radius 3 is 2.53 bits per heavy atom. The summed E-state index contributed by atoms with van der Waals surface area (Å²) in [5.74, 6) is -1.91. The number of carboxylic acids is 1. The van der Waals surface area contributed by atoms with Crippen molar-refractivity contribution in [1.29, 1.82) is 0 Å². The molecule has 0 aliphatic carbocycles. The van der Waals surface area contributed by atoms with Crippen LogP contribution in [0, 0.1) is 6.92 Å². The SMILES string of the molecule is CNCCC(NS(=O)(=O)c1ccc(C)c(N)c1)[C@H]1C(=O)N(CC(=O)O)CCN1C(=O)OCc1ccccc1. The summed E-state index contributed by atoms with van der Waals surface area (Å²) >= 11 is 0. The largest absolute Gasteiger partial charge is 0.480 e. The maximum Gasteiger partial charge on any atom is 0.410 e. The molecule has 1 heterocycles. The molecule has 0 aromatic heterocycles. The lowest BCUT2D eigenvalue weighted by atomic mass is 10.00. The minimum absolute atomic E-state index is 0.0351. The van der Waals surface area contributed by atoms with E-state index in [0.717, 1.165) is 15.4 Å². The van der Waals surface area contributed by atoms with Gasteiger partial charge in [0.05, 0.1) is 10.9 Å². The van der Waals surface area contributed by atoms with Crippen molar-refractivity contribution in [3.63, 3.8) is 0 Å². The van der Waals surface area contributed by atoms with Gasteiger partial charge < -0.3 is 25.8 Å². The molecule has 1 saturated heterocycles. The number of hydrogen-bond donors (Lipinski definition) is 4. The third-order valence-electron chi connectivity index (χ3n) is 6.23. The highest BCUT2D eigenvalue weighted by Crippen LogP contribution is 2.22. The van der Waals surface area contributed by atoms with Crippen LogP contribution in [0.1, 0.15) is 17.5 Å². The van der Waals surface area contributed by atoms with Gasteiger partial charge in [-0.05, 0) is 50.2 Å². The molecule has 2 atom stereocenters. The number of carbonyl (C=O) groups is 3. The smallest absolute Gasteiger partial charge is 0.410 e.